The van der Waals surface area contributed by atoms with Crippen LogP contribution in [-0.4, -0.2) is 73.5 Å². The second-order valence-electron chi connectivity index (χ2n) is 5.07. The van der Waals surface area contributed by atoms with Gasteiger partial charge in [0, 0.05) is 45.5 Å². The van der Waals surface area contributed by atoms with Crippen molar-refractivity contribution in [1.29, 1.82) is 0 Å². The lowest BCUT2D eigenvalue weighted by molar-refractivity contribution is 0.119. The van der Waals surface area contributed by atoms with Gasteiger partial charge in [-0.2, -0.15) is 0 Å². The Hall–Kier alpha value is -0.970. The number of piperazine rings is 1. The summed E-state index contributed by atoms with van der Waals surface area (Å²) in [5.74, 6) is 0. The molecule has 0 radical (unpaired) electrons. The van der Waals surface area contributed by atoms with Crippen LogP contribution in [0, 0.1) is 0 Å². The van der Waals surface area contributed by atoms with E-state index in [1.165, 1.54) is 11.1 Å². The first-order valence-corrected chi connectivity index (χ1v) is 6.69. The van der Waals surface area contributed by atoms with Crippen molar-refractivity contribution in [2.45, 2.75) is 6.92 Å². The Morgan fingerprint density at radius 2 is 1.89 bits per heavy atom. The summed E-state index contributed by atoms with van der Waals surface area (Å²) in [5, 5.41) is 8.91. The Balaban J connectivity index is 1.81. The Labute approximate surface area is 109 Å². The third-order valence-corrected chi connectivity index (χ3v) is 3.47. The zero-order valence-electron chi connectivity index (χ0n) is 11.2. The van der Waals surface area contributed by atoms with E-state index in [2.05, 4.69) is 33.9 Å². The van der Waals surface area contributed by atoms with E-state index in [0.29, 0.717) is 0 Å². The molecule has 0 aromatic heterocycles. The van der Waals surface area contributed by atoms with Crippen LogP contribution in [0.1, 0.15) is 6.92 Å². The molecule has 2 aliphatic rings. The number of aliphatic hydroxyl groups excluding tert-OH is 1. The van der Waals surface area contributed by atoms with Crippen molar-refractivity contribution < 1.29 is 5.11 Å². The lowest BCUT2D eigenvalue weighted by Crippen LogP contribution is -2.47. The molecule has 0 aromatic rings. The molecule has 0 aliphatic carbocycles. The van der Waals surface area contributed by atoms with Crippen LogP contribution in [0.2, 0.25) is 0 Å². The molecule has 4 nitrogen and oxygen atoms in total. The van der Waals surface area contributed by atoms with Crippen molar-refractivity contribution in [2.24, 2.45) is 4.99 Å². The molecular formula is C14H23N3O. The largest absolute Gasteiger partial charge is 0.395 e. The fourth-order valence-corrected chi connectivity index (χ4v) is 2.32. The maximum atomic E-state index is 8.91. The second kappa shape index (κ2) is 6.83. The number of nitrogens with zero attached hydrogens (tertiary/aromatic N) is 3. The first kappa shape index (κ1) is 13.5. The van der Waals surface area contributed by atoms with Gasteiger partial charge in [-0.3, -0.25) is 14.8 Å². The third-order valence-electron chi connectivity index (χ3n) is 3.47. The standard InChI is InChI=1S/C14H23N3O/c1-13-2-3-14(11-15-10-13)12-17-6-4-16(5-7-17)8-9-18/h2-3,11,18H,4-10,12H2,1H3. The second-order valence-corrected chi connectivity index (χ2v) is 5.07. The van der Waals surface area contributed by atoms with Crippen molar-refractivity contribution in [3.63, 3.8) is 0 Å². The molecule has 2 heterocycles. The number of β-amino-alcohol motifs (C(OH)–C–C–N with tert-alkyl or cyclic N) is 1. The zero-order valence-corrected chi connectivity index (χ0v) is 11.2. The summed E-state index contributed by atoms with van der Waals surface area (Å²) in [6, 6.07) is 0. The van der Waals surface area contributed by atoms with Crippen LogP contribution in [-0.2, 0) is 0 Å². The summed E-state index contributed by atoms with van der Waals surface area (Å²) in [4.78, 5) is 9.19. The minimum atomic E-state index is 0.266. The Kier molecular flexibility index (Phi) is 5.11. The number of hydrogen-bond donors (Lipinski definition) is 1. The van der Waals surface area contributed by atoms with Gasteiger partial charge in [-0.15, -0.1) is 0 Å². The molecule has 2 rings (SSSR count). The highest BCUT2D eigenvalue weighted by Crippen LogP contribution is 2.07. The van der Waals surface area contributed by atoms with Crippen LogP contribution in [0.5, 0.6) is 0 Å². The van der Waals surface area contributed by atoms with E-state index in [1.54, 1.807) is 0 Å². The highest BCUT2D eigenvalue weighted by molar-refractivity contribution is 5.80. The predicted molar refractivity (Wildman–Crippen MR) is 75.2 cm³/mol. The van der Waals surface area contributed by atoms with Crippen LogP contribution in [0.25, 0.3) is 0 Å². The van der Waals surface area contributed by atoms with Gasteiger partial charge in [0.2, 0.25) is 0 Å². The summed E-state index contributed by atoms with van der Waals surface area (Å²) in [5.41, 5.74) is 2.61. The third kappa shape index (κ3) is 4.05. The highest BCUT2D eigenvalue weighted by Gasteiger charge is 2.16. The Morgan fingerprint density at radius 1 is 1.17 bits per heavy atom. The molecule has 1 fully saturated rings. The van der Waals surface area contributed by atoms with Crippen LogP contribution in [0.4, 0.5) is 0 Å². The quantitative estimate of drug-likeness (QED) is 0.791. The molecule has 0 bridgehead atoms. The van der Waals surface area contributed by atoms with E-state index in [-0.39, 0.29) is 6.61 Å². The van der Waals surface area contributed by atoms with Gasteiger partial charge in [0.15, 0.2) is 0 Å². The van der Waals surface area contributed by atoms with Gasteiger partial charge in [0.1, 0.15) is 0 Å². The minimum Gasteiger partial charge on any atom is -0.395 e. The molecule has 18 heavy (non-hydrogen) atoms. The van der Waals surface area contributed by atoms with E-state index < -0.39 is 0 Å². The van der Waals surface area contributed by atoms with Crippen LogP contribution < -0.4 is 0 Å². The van der Waals surface area contributed by atoms with E-state index in [4.69, 9.17) is 5.11 Å². The summed E-state index contributed by atoms with van der Waals surface area (Å²) < 4.78 is 0. The average Bonchev–Trinajstić information content (AvgIpc) is 2.57. The average molecular weight is 249 g/mol. The van der Waals surface area contributed by atoms with Crippen molar-refractivity contribution in [3.8, 4) is 0 Å². The maximum absolute atomic E-state index is 8.91. The first-order valence-electron chi connectivity index (χ1n) is 6.69. The van der Waals surface area contributed by atoms with Gasteiger partial charge >= 0.3 is 0 Å². The monoisotopic (exact) mass is 249 g/mol. The number of aliphatic hydroxyl groups is 1. The van der Waals surface area contributed by atoms with Gasteiger partial charge in [-0.1, -0.05) is 17.7 Å². The van der Waals surface area contributed by atoms with E-state index in [0.717, 1.165) is 45.8 Å². The molecule has 0 unspecified atom stereocenters. The molecule has 100 valence electrons. The van der Waals surface area contributed by atoms with Crippen LogP contribution in [0.3, 0.4) is 0 Å². The maximum Gasteiger partial charge on any atom is 0.0600 e. The first-order chi connectivity index (χ1) is 8.78. The van der Waals surface area contributed by atoms with Gasteiger partial charge in [-0.05, 0) is 12.5 Å². The van der Waals surface area contributed by atoms with Crippen molar-refractivity contribution in [1.82, 2.24) is 9.80 Å². The minimum absolute atomic E-state index is 0.266. The summed E-state index contributed by atoms with van der Waals surface area (Å²) in [6.07, 6.45) is 6.36. The molecule has 0 atom stereocenters. The molecule has 0 saturated carbocycles. The number of allylic oxidation sites excluding steroid dienone is 2. The number of hydrogen-bond acceptors (Lipinski definition) is 4. The van der Waals surface area contributed by atoms with Crippen LogP contribution in [0.15, 0.2) is 28.3 Å². The van der Waals surface area contributed by atoms with Gasteiger partial charge in [0.25, 0.3) is 0 Å². The topological polar surface area (TPSA) is 39.1 Å². The lowest BCUT2D eigenvalue weighted by Gasteiger charge is -2.34. The SMILES string of the molecule is CC1=CC=C(CN2CCN(CCO)CC2)C=NC1. The molecule has 1 N–H and O–H groups in total. The molecule has 4 heteroatoms. The number of aliphatic imine (C=N–C) groups is 1. The Bertz CT molecular complexity index is 352. The van der Waals surface area contributed by atoms with Crippen molar-refractivity contribution in [3.05, 3.63) is 23.3 Å². The van der Waals surface area contributed by atoms with Crippen molar-refractivity contribution >= 4 is 6.21 Å². The molecule has 0 amide bonds. The van der Waals surface area contributed by atoms with E-state index >= 15 is 0 Å². The fourth-order valence-electron chi connectivity index (χ4n) is 2.32. The molecule has 0 aromatic carbocycles. The summed E-state index contributed by atoms with van der Waals surface area (Å²) >= 11 is 0. The number of rotatable bonds is 4. The molecule has 2 aliphatic heterocycles. The lowest BCUT2D eigenvalue weighted by atomic mass is 10.2. The van der Waals surface area contributed by atoms with E-state index in [9.17, 15) is 0 Å². The summed E-state index contributed by atoms with van der Waals surface area (Å²) in [7, 11) is 0. The predicted octanol–water partition coefficient (Wildman–Crippen LogP) is 0.553. The molecule has 0 spiro atoms. The zero-order chi connectivity index (χ0) is 12.8. The summed E-state index contributed by atoms with van der Waals surface area (Å²) in [6.45, 7) is 9.26. The molecular weight excluding hydrogens is 226 g/mol. The molecule has 1 saturated heterocycles. The normalized spacial score (nSPS) is 22.6. The van der Waals surface area contributed by atoms with Gasteiger partial charge < -0.3 is 5.11 Å². The Morgan fingerprint density at radius 3 is 2.61 bits per heavy atom. The smallest absolute Gasteiger partial charge is 0.0600 e. The van der Waals surface area contributed by atoms with Crippen molar-refractivity contribution in [2.75, 3.05) is 52.4 Å². The van der Waals surface area contributed by atoms with Crippen LogP contribution >= 0.6 is 0 Å². The van der Waals surface area contributed by atoms with Gasteiger partial charge in [0.05, 0.1) is 13.2 Å². The highest BCUT2D eigenvalue weighted by atomic mass is 16.3. The fraction of sp³-hybridized carbons (Fsp3) is 0.643. The van der Waals surface area contributed by atoms with E-state index in [1.807, 2.05) is 6.21 Å². The van der Waals surface area contributed by atoms with Gasteiger partial charge in [-0.25, -0.2) is 0 Å².